The Kier molecular flexibility index (Phi) is 5.27. The van der Waals surface area contributed by atoms with Gasteiger partial charge in [0, 0.05) is 6.92 Å². The largest absolute Gasteiger partial charge is 0.449 e. The fourth-order valence-electron chi connectivity index (χ4n) is 0.807. The summed E-state index contributed by atoms with van der Waals surface area (Å²) >= 11 is 0. The molecule has 5 heteroatoms. The highest BCUT2D eigenvalue weighted by atomic mass is 19.4. The van der Waals surface area contributed by atoms with Gasteiger partial charge in [0.25, 0.3) is 0 Å². The van der Waals surface area contributed by atoms with Crippen molar-refractivity contribution < 1.29 is 22.7 Å². The molecule has 0 radical (unpaired) electrons. The summed E-state index contributed by atoms with van der Waals surface area (Å²) in [7, 11) is 0. The van der Waals surface area contributed by atoms with E-state index >= 15 is 0 Å². The summed E-state index contributed by atoms with van der Waals surface area (Å²) in [5.41, 5.74) is 0. The highest BCUT2D eigenvalue weighted by molar-refractivity contribution is 5.67. The van der Waals surface area contributed by atoms with Crippen LogP contribution in [0.4, 0.5) is 13.2 Å². The summed E-state index contributed by atoms with van der Waals surface area (Å²) in [6, 6.07) is 0. The molecular weight excluding hydrogens is 197 g/mol. The molecule has 82 valence electrons. The van der Waals surface area contributed by atoms with Crippen LogP contribution in [0.1, 0.15) is 33.1 Å². The molecule has 0 aliphatic heterocycles. The molecule has 0 aromatic carbocycles. The van der Waals surface area contributed by atoms with E-state index in [-0.39, 0.29) is 6.42 Å². The van der Waals surface area contributed by atoms with Gasteiger partial charge in [-0.25, -0.2) is 0 Å². The van der Waals surface area contributed by atoms with Crippen LogP contribution >= 0.6 is 0 Å². The molecule has 0 aliphatic carbocycles. The second-order valence-corrected chi connectivity index (χ2v) is 2.80. The first-order valence-corrected chi connectivity index (χ1v) is 4.33. The van der Waals surface area contributed by atoms with Crippen LogP contribution in [0, 0.1) is 0 Å². The third kappa shape index (κ3) is 5.61. The number of alkyl halides is 3. The van der Waals surface area contributed by atoms with Crippen LogP contribution in [0.25, 0.3) is 0 Å². The fraction of sp³-hybridized carbons (Fsp3) is 0.667. The number of hydrogen-bond donors (Lipinski definition) is 0. The van der Waals surface area contributed by atoms with E-state index < -0.39 is 17.9 Å². The van der Waals surface area contributed by atoms with E-state index in [0.29, 0.717) is 6.42 Å². The fourth-order valence-corrected chi connectivity index (χ4v) is 0.807. The number of carbonyl (C=O) groups is 1. The summed E-state index contributed by atoms with van der Waals surface area (Å²) < 4.78 is 40.5. The molecular formula is C9H13F3O2. The van der Waals surface area contributed by atoms with E-state index in [2.05, 4.69) is 4.74 Å². The molecule has 0 heterocycles. The van der Waals surface area contributed by atoms with Crippen molar-refractivity contribution in [1.82, 2.24) is 0 Å². The molecule has 0 unspecified atom stereocenters. The number of halogens is 3. The number of allylic oxidation sites excluding steroid dienone is 2. The Labute approximate surface area is 80.7 Å². The van der Waals surface area contributed by atoms with Gasteiger partial charge in [0.05, 0.1) is 0 Å². The second kappa shape index (κ2) is 5.67. The Morgan fingerprint density at radius 3 is 2.36 bits per heavy atom. The number of rotatable bonds is 4. The summed E-state index contributed by atoms with van der Waals surface area (Å²) in [5, 5.41) is 0. The zero-order chi connectivity index (χ0) is 11.2. The topological polar surface area (TPSA) is 26.3 Å². The lowest BCUT2D eigenvalue weighted by Gasteiger charge is -2.10. The minimum atomic E-state index is -4.58. The van der Waals surface area contributed by atoms with Crippen LogP contribution < -0.4 is 0 Å². The minimum absolute atomic E-state index is 0.263. The van der Waals surface area contributed by atoms with Gasteiger partial charge in [0.1, 0.15) is 0 Å². The molecule has 0 atom stereocenters. The lowest BCUT2D eigenvalue weighted by atomic mass is 10.2. The molecule has 14 heavy (non-hydrogen) atoms. The van der Waals surface area contributed by atoms with Gasteiger partial charge in [0.15, 0.2) is 0 Å². The van der Waals surface area contributed by atoms with Crippen LogP contribution in [0.3, 0.4) is 0 Å². The van der Waals surface area contributed by atoms with E-state index in [1.54, 1.807) is 0 Å². The van der Waals surface area contributed by atoms with Gasteiger partial charge in [-0.05, 0) is 18.9 Å². The number of esters is 1. The Morgan fingerprint density at radius 1 is 1.43 bits per heavy atom. The normalized spacial score (nSPS) is 12.8. The van der Waals surface area contributed by atoms with Crippen molar-refractivity contribution in [3.63, 3.8) is 0 Å². The third-order valence-corrected chi connectivity index (χ3v) is 1.42. The van der Waals surface area contributed by atoms with Crippen molar-refractivity contribution in [3.05, 3.63) is 11.8 Å². The van der Waals surface area contributed by atoms with Gasteiger partial charge < -0.3 is 4.74 Å². The van der Waals surface area contributed by atoms with Crippen molar-refractivity contribution in [3.8, 4) is 0 Å². The molecule has 0 bridgehead atoms. The van der Waals surface area contributed by atoms with Gasteiger partial charge in [-0.3, -0.25) is 4.79 Å². The summed E-state index contributed by atoms with van der Waals surface area (Å²) in [6.45, 7) is 2.81. The van der Waals surface area contributed by atoms with E-state index in [1.165, 1.54) is 0 Å². The van der Waals surface area contributed by atoms with Crippen LogP contribution in [0.5, 0.6) is 0 Å². The van der Waals surface area contributed by atoms with Crippen LogP contribution in [0.15, 0.2) is 11.8 Å². The Bertz CT molecular complexity index is 219. The first-order chi connectivity index (χ1) is 6.38. The van der Waals surface area contributed by atoms with Crippen molar-refractivity contribution >= 4 is 5.97 Å². The van der Waals surface area contributed by atoms with E-state index in [0.717, 1.165) is 19.4 Å². The molecule has 0 saturated carbocycles. The van der Waals surface area contributed by atoms with Gasteiger partial charge >= 0.3 is 12.1 Å². The Morgan fingerprint density at radius 2 is 2.00 bits per heavy atom. The SMILES string of the molecule is CCCC/C=C(\OC(C)=O)C(F)(F)F. The van der Waals surface area contributed by atoms with Gasteiger partial charge in [0.2, 0.25) is 5.76 Å². The molecule has 0 aromatic heterocycles. The van der Waals surface area contributed by atoms with E-state index in [1.807, 2.05) is 6.92 Å². The number of unbranched alkanes of at least 4 members (excludes halogenated alkanes) is 2. The maximum absolute atomic E-state index is 12.2. The maximum atomic E-state index is 12.2. The first-order valence-electron chi connectivity index (χ1n) is 4.33. The zero-order valence-corrected chi connectivity index (χ0v) is 8.15. The summed E-state index contributed by atoms with van der Waals surface area (Å²) in [6.07, 6.45) is -1.98. The van der Waals surface area contributed by atoms with Crippen molar-refractivity contribution in [2.75, 3.05) is 0 Å². The lowest BCUT2D eigenvalue weighted by Crippen LogP contribution is -2.17. The molecule has 0 aliphatic rings. The van der Waals surface area contributed by atoms with Crippen molar-refractivity contribution in [2.45, 2.75) is 39.3 Å². The summed E-state index contributed by atoms with van der Waals surface area (Å²) in [4.78, 5) is 10.4. The molecule has 0 N–H and O–H groups in total. The quantitative estimate of drug-likeness (QED) is 0.404. The highest BCUT2D eigenvalue weighted by Gasteiger charge is 2.36. The Hall–Kier alpha value is -1.00. The van der Waals surface area contributed by atoms with Gasteiger partial charge in [-0.15, -0.1) is 0 Å². The smallest absolute Gasteiger partial charge is 0.422 e. The first kappa shape index (κ1) is 13.0. The predicted octanol–water partition coefficient (Wildman–Crippen LogP) is 3.19. The minimum Gasteiger partial charge on any atom is -0.422 e. The third-order valence-electron chi connectivity index (χ3n) is 1.42. The van der Waals surface area contributed by atoms with E-state index in [9.17, 15) is 18.0 Å². The molecule has 2 nitrogen and oxygen atoms in total. The number of carbonyl (C=O) groups excluding carboxylic acids is 1. The van der Waals surface area contributed by atoms with E-state index in [4.69, 9.17) is 0 Å². The maximum Gasteiger partial charge on any atom is 0.449 e. The van der Waals surface area contributed by atoms with Gasteiger partial charge in [-0.1, -0.05) is 13.3 Å². The van der Waals surface area contributed by atoms with Crippen molar-refractivity contribution in [2.24, 2.45) is 0 Å². The van der Waals surface area contributed by atoms with Crippen LogP contribution in [-0.4, -0.2) is 12.1 Å². The zero-order valence-electron chi connectivity index (χ0n) is 8.15. The molecule has 0 rings (SSSR count). The standard InChI is InChI=1S/C9H13F3O2/c1-3-4-5-6-8(9(10,11)12)14-7(2)13/h6H,3-5H2,1-2H3/b8-6-. The number of ether oxygens (including phenoxy) is 1. The highest BCUT2D eigenvalue weighted by Crippen LogP contribution is 2.27. The molecule has 0 fully saturated rings. The predicted molar refractivity (Wildman–Crippen MR) is 45.4 cm³/mol. The Balaban J connectivity index is 4.39. The number of hydrogen-bond acceptors (Lipinski definition) is 2. The van der Waals surface area contributed by atoms with Crippen LogP contribution in [0.2, 0.25) is 0 Å². The average molecular weight is 210 g/mol. The van der Waals surface area contributed by atoms with Crippen molar-refractivity contribution in [1.29, 1.82) is 0 Å². The summed E-state index contributed by atoms with van der Waals surface area (Å²) in [5.74, 6) is -2.16. The average Bonchev–Trinajstić information content (AvgIpc) is 2.00. The molecule has 0 aromatic rings. The second-order valence-electron chi connectivity index (χ2n) is 2.80. The van der Waals surface area contributed by atoms with Gasteiger partial charge in [-0.2, -0.15) is 13.2 Å². The molecule has 0 saturated heterocycles. The molecule has 0 amide bonds. The monoisotopic (exact) mass is 210 g/mol. The lowest BCUT2D eigenvalue weighted by molar-refractivity contribution is -0.158. The molecule has 0 spiro atoms. The van der Waals surface area contributed by atoms with Crippen LogP contribution in [-0.2, 0) is 9.53 Å².